The first-order valence-corrected chi connectivity index (χ1v) is 8.88. The van der Waals surface area contributed by atoms with E-state index in [4.69, 9.17) is 11.6 Å². The molecule has 1 aliphatic rings. The van der Waals surface area contributed by atoms with E-state index in [0.29, 0.717) is 13.0 Å². The van der Waals surface area contributed by atoms with E-state index < -0.39 is 0 Å². The average Bonchev–Trinajstić information content (AvgIpc) is 2.92. The third-order valence-electron chi connectivity index (χ3n) is 4.50. The van der Waals surface area contributed by atoms with Gasteiger partial charge in [0.05, 0.1) is 0 Å². The van der Waals surface area contributed by atoms with Crippen LogP contribution in [0.2, 0.25) is 5.02 Å². The molecule has 0 saturated heterocycles. The molecule has 0 fully saturated rings. The van der Waals surface area contributed by atoms with Crippen molar-refractivity contribution in [3.05, 3.63) is 64.7 Å². The molecule has 1 amide bonds. The predicted molar refractivity (Wildman–Crippen MR) is 99.7 cm³/mol. The molecule has 4 heteroatoms. The molecule has 1 aliphatic heterocycles. The van der Waals surface area contributed by atoms with Crippen molar-refractivity contribution in [3.8, 4) is 0 Å². The van der Waals surface area contributed by atoms with Crippen LogP contribution in [-0.4, -0.2) is 25.0 Å². The number of rotatable bonds is 6. The lowest BCUT2D eigenvalue weighted by Crippen LogP contribution is -2.37. The summed E-state index contributed by atoms with van der Waals surface area (Å²) in [5.41, 5.74) is 3.60. The monoisotopic (exact) mass is 342 g/mol. The Hall–Kier alpha value is -1.84. The van der Waals surface area contributed by atoms with Crippen LogP contribution in [0.3, 0.4) is 0 Å². The summed E-state index contributed by atoms with van der Waals surface area (Å²) in [4.78, 5) is 14.5. The van der Waals surface area contributed by atoms with Crippen LogP contribution in [0.4, 0.5) is 5.69 Å². The van der Waals surface area contributed by atoms with Crippen LogP contribution in [-0.2, 0) is 17.6 Å². The Morgan fingerprint density at radius 3 is 2.71 bits per heavy atom. The van der Waals surface area contributed by atoms with Crippen LogP contribution < -0.4 is 10.2 Å². The molecular formula is C20H23ClN2O. The number of amides is 1. The molecule has 1 N–H and O–H groups in total. The van der Waals surface area contributed by atoms with E-state index in [2.05, 4.69) is 18.3 Å². The van der Waals surface area contributed by atoms with E-state index in [9.17, 15) is 4.79 Å². The van der Waals surface area contributed by atoms with E-state index >= 15 is 0 Å². The highest BCUT2D eigenvalue weighted by molar-refractivity contribution is 6.30. The number of carbonyl (C=O) groups excluding carboxylic acids is 1. The lowest BCUT2D eigenvalue weighted by molar-refractivity contribution is -0.118. The summed E-state index contributed by atoms with van der Waals surface area (Å²) in [5, 5.41) is 4.12. The minimum Gasteiger partial charge on any atom is -0.316 e. The predicted octanol–water partition coefficient (Wildman–Crippen LogP) is 3.84. The van der Waals surface area contributed by atoms with Gasteiger partial charge in [-0.1, -0.05) is 41.9 Å². The maximum atomic E-state index is 12.6. The molecule has 1 atom stereocenters. The van der Waals surface area contributed by atoms with Crippen LogP contribution in [0.5, 0.6) is 0 Å². The molecule has 2 aromatic rings. The highest BCUT2D eigenvalue weighted by atomic mass is 35.5. The highest BCUT2D eigenvalue weighted by Gasteiger charge is 2.29. The van der Waals surface area contributed by atoms with Gasteiger partial charge in [0.15, 0.2) is 0 Å². The number of anilines is 1. The lowest BCUT2D eigenvalue weighted by atomic mass is 10.1. The standard InChI is InChI=1S/C20H23ClN2O/c1-15-14-17-4-2-3-5-19(17)23(15)20(24)11-13-22-12-10-16-6-8-18(21)9-7-16/h2-9,15,22H,10-14H2,1H3. The largest absolute Gasteiger partial charge is 0.316 e. The molecule has 24 heavy (non-hydrogen) atoms. The van der Waals surface area contributed by atoms with Crippen LogP contribution in [0.15, 0.2) is 48.5 Å². The molecule has 1 unspecified atom stereocenters. The Kier molecular flexibility index (Phi) is 5.54. The number of hydrogen-bond acceptors (Lipinski definition) is 2. The van der Waals surface area contributed by atoms with Gasteiger partial charge in [0, 0.05) is 29.7 Å². The summed E-state index contributed by atoms with van der Waals surface area (Å²) >= 11 is 5.88. The van der Waals surface area contributed by atoms with E-state index in [0.717, 1.165) is 30.1 Å². The van der Waals surface area contributed by atoms with Gasteiger partial charge in [-0.05, 0) is 55.6 Å². The first-order valence-electron chi connectivity index (χ1n) is 8.50. The number of carbonyl (C=O) groups is 1. The van der Waals surface area contributed by atoms with E-state index in [-0.39, 0.29) is 11.9 Å². The van der Waals surface area contributed by atoms with Crippen LogP contribution in [0, 0.1) is 0 Å². The fraction of sp³-hybridized carbons (Fsp3) is 0.350. The highest BCUT2D eigenvalue weighted by Crippen LogP contribution is 2.32. The van der Waals surface area contributed by atoms with Gasteiger partial charge in [-0.3, -0.25) is 4.79 Å². The van der Waals surface area contributed by atoms with E-state index in [1.807, 2.05) is 47.4 Å². The molecular weight excluding hydrogens is 320 g/mol. The number of para-hydroxylation sites is 1. The summed E-state index contributed by atoms with van der Waals surface area (Å²) in [5.74, 6) is 0.200. The second-order valence-corrected chi connectivity index (χ2v) is 6.76. The van der Waals surface area contributed by atoms with Crippen molar-refractivity contribution in [1.29, 1.82) is 0 Å². The number of nitrogens with zero attached hydrogens (tertiary/aromatic N) is 1. The Morgan fingerprint density at radius 2 is 1.92 bits per heavy atom. The molecule has 126 valence electrons. The van der Waals surface area contributed by atoms with Gasteiger partial charge in [0.2, 0.25) is 5.91 Å². The minimum absolute atomic E-state index is 0.200. The molecule has 0 aliphatic carbocycles. The number of fused-ring (bicyclic) bond motifs is 1. The van der Waals surface area contributed by atoms with E-state index in [1.165, 1.54) is 11.1 Å². The molecule has 3 rings (SSSR count). The van der Waals surface area contributed by atoms with Crippen LogP contribution >= 0.6 is 11.6 Å². The van der Waals surface area contributed by atoms with Gasteiger partial charge in [-0.2, -0.15) is 0 Å². The van der Waals surface area contributed by atoms with E-state index in [1.54, 1.807) is 0 Å². The summed E-state index contributed by atoms with van der Waals surface area (Å²) < 4.78 is 0. The summed E-state index contributed by atoms with van der Waals surface area (Å²) in [6.07, 6.45) is 2.42. The first-order chi connectivity index (χ1) is 11.6. The van der Waals surface area contributed by atoms with Crippen molar-refractivity contribution in [1.82, 2.24) is 5.32 Å². The third-order valence-corrected chi connectivity index (χ3v) is 4.75. The zero-order valence-corrected chi connectivity index (χ0v) is 14.7. The van der Waals surface area contributed by atoms with Crippen molar-refractivity contribution in [2.24, 2.45) is 0 Å². The fourth-order valence-electron chi connectivity index (χ4n) is 3.27. The van der Waals surface area contributed by atoms with Crippen molar-refractivity contribution in [2.45, 2.75) is 32.2 Å². The van der Waals surface area contributed by atoms with Gasteiger partial charge < -0.3 is 10.2 Å². The normalized spacial score (nSPS) is 16.2. The number of halogens is 1. The average molecular weight is 343 g/mol. The third kappa shape index (κ3) is 3.97. The quantitative estimate of drug-likeness (QED) is 0.809. The fourth-order valence-corrected chi connectivity index (χ4v) is 3.40. The van der Waals surface area contributed by atoms with Crippen LogP contribution in [0.1, 0.15) is 24.5 Å². The second kappa shape index (κ2) is 7.82. The molecule has 1 heterocycles. The van der Waals surface area contributed by atoms with Gasteiger partial charge in [-0.25, -0.2) is 0 Å². The lowest BCUT2D eigenvalue weighted by Gasteiger charge is -2.22. The van der Waals surface area contributed by atoms with Crippen molar-refractivity contribution < 1.29 is 4.79 Å². The Balaban J connectivity index is 1.44. The maximum absolute atomic E-state index is 12.6. The zero-order chi connectivity index (χ0) is 16.9. The smallest absolute Gasteiger partial charge is 0.228 e. The molecule has 0 spiro atoms. The second-order valence-electron chi connectivity index (χ2n) is 6.32. The molecule has 0 aromatic heterocycles. The number of nitrogens with one attached hydrogen (secondary N) is 1. The van der Waals surface area contributed by atoms with Crippen LogP contribution in [0.25, 0.3) is 0 Å². The van der Waals surface area contributed by atoms with Crippen molar-refractivity contribution >= 4 is 23.2 Å². The summed E-state index contributed by atoms with van der Waals surface area (Å²) in [6, 6.07) is 16.4. The summed E-state index contributed by atoms with van der Waals surface area (Å²) in [7, 11) is 0. The maximum Gasteiger partial charge on any atom is 0.228 e. The SMILES string of the molecule is CC1Cc2ccccc2N1C(=O)CCNCCc1ccc(Cl)cc1. The van der Waals surface area contributed by atoms with Gasteiger partial charge in [-0.15, -0.1) is 0 Å². The van der Waals surface area contributed by atoms with Gasteiger partial charge in [0.25, 0.3) is 0 Å². The Labute approximate surface area is 148 Å². The summed E-state index contributed by atoms with van der Waals surface area (Å²) in [6.45, 7) is 3.69. The molecule has 0 radical (unpaired) electrons. The first kappa shape index (κ1) is 17.0. The zero-order valence-electron chi connectivity index (χ0n) is 14.0. The van der Waals surface area contributed by atoms with Crippen molar-refractivity contribution in [2.75, 3.05) is 18.0 Å². The Bertz CT molecular complexity index is 699. The molecule has 0 saturated carbocycles. The Morgan fingerprint density at radius 1 is 1.17 bits per heavy atom. The number of benzene rings is 2. The minimum atomic E-state index is 0.200. The topological polar surface area (TPSA) is 32.3 Å². The van der Waals surface area contributed by atoms with Gasteiger partial charge in [0.1, 0.15) is 0 Å². The molecule has 2 aromatic carbocycles. The van der Waals surface area contributed by atoms with Crippen molar-refractivity contribution in [3.63, 3.8) is 0 Å². The number of hydrogen-bond donors (Lipinski definition) is 1. The molecule has 0 bridgehead atoms. The van der Waals surface area contributed by atoms with Gasteiger partial charge >= 0.3 is 0 Å². The molecule has 3 nitrogen and oxygen atoms in total.